The van der Waals surface area contributed by atoms with Crippen molar-refractivity contribution >= 4 is 11.7 Å². The Balaban J connectivity index is 1.95. The average Bonchev–Trinajstić information content (AvgIpc) is 2.47. The molecule has 0 saturated heterocycles. The smallest absolute Gasteiger partial charge is 0.406 e. The highest BCUT2D eigenvalue weighted by molar-refractivity contribution is 5.89. The molecule has 0 fully saturated rings. The Morgan fingerprint density at radius 1 is 1.25 bits per heavy atom. The first-order valence-electron chi connectivity index (χ1n) is 6.89. The lowest BCUT2D eigenvalue weighted by atomic mass is 10.3. The summed E-state index contributed by atoms with van der Waals surface area (Å²) in [5.41, 5.74) is 1.09. The number of carbonyl (C=O) groups is 1. The second-order valence-electron chi connectivity index (χ2n) is 5.01. The van der Waals surface area contributed by atoms with Crippen LogP contribution in [0.1, 0.15) is 5.69 Å². The number of carbonyl (C=O) groups excluding carboxylic acids is 1. The summed E-state index contributed by atoms with van der Waals surface area (Å²) < 4.78 is 42.2. The number of nitrogens with zero attached hydrogens (tertiary/aromatic N) is 3. The van der Waals surface area contributed by atoms with E-state index in [9.17, 15) is 18.0 Å². The maximum Gasteiger partial charge on any atom is 0.406 e. The molecule has 0 bridgehead atoms. The normalized spacial score (nSPS) is 11.0. The third-order valence-corrected chi connectivity index (χ3v) is 2.85. The summed E-state index contributed by atoms with van der Waals surface area (Å²) in [5.74, 6) is 0.433. The van der Waals surface area contributed by atoms with Crippen molar-refractivity contribution in [1.82, 2.24) is 14.9 Å². The summed E-state index contributed by atoms with van der Waals surface area (Å²) in [6.07, 6.45) is -2.89. The van der Waals surface area contributed by atoms with E-state index in [1.807, 2.05) is 0 Å². The number of alkyl halides is 3. The molecule has 0 aliphatic carbocycles. The Morgan fingerprint density at radius 2 is 1.92 bits per heavy atom. The highest BCUT2D eigenvalue weighted by atomic mass is 19.4. The summed E-state index contributed by atoms with van der Waals surface area (Å²) in [6.45, 7) is 0.468. The highest BCUT2D eigenvalue weighted by Crippen LogP contribution is 2.21. The molecule has 0 aliphatic heterocycles. The molecule has 1 aromatic heterocycles. The highest BCUT2D eigenvalue weighted by Gasteiger charge is 2.31. The van der Waals surface area contributed by atoms with Gasteiger partial charge in [0.25, 0.3) is 0 Å². The first-order chi connectivity index (χ1) is 11.2. The quantitative estimate of drug-likeness (QED) is 0.923. The first kappa shape index (κ1) is 17.5. The monoisotopic (exact) mass is 340 g/mol. The fraction of sp³-hybridized carbons (Fsp3) is 0.267. The van der Waals surface area contributed by atoms with E-state index in [0.29, 0.717) is 16.3 Å². The molecule has 0 atom stereocenters. The van der Waals surface area contributed by atoms with Crippen molar-refractivity contribution in [3.8, 4) is 11.8 Å². The zero-order valence-corrected chi connectivity index (χ0v) is 13.0. The van der Waals surface area contributed by atoms with Crippen molar-refractivity contribution in [2.24, 2.45) is 0 Å². The van der Waals surface area contributed by atoms with Crippen molar-refractivity contribution in [3.63, 3.8) is 0 Å². The number of hydrogen-bond acceptors (Lipinski definition) is 4. The number of nitrogens with one attached hydrogen (secondary N) is 1. The number of rotatable bonds is 4. The number of benzene rings is 1. The predicted octanol–water partition coefficient (Wildman–Crippen LogP) is 3.60. The second kappa shape index (κ2) is 7.16. The lowest BCUT2D eigenvalue weighted by Gasteiger charge is -2.19. The van der Waals surface area contributed by atoms with Crippen LogP contribution in [0, 0.1) is 6.92 Å². The molecule has 0 saturated carbocycles. The van der Waals surface area contributed by atoms with Crippen LogP contribution in [-0.2, 0) is 0 Å². The first-order valence-corrected chi connectivity index (χ1v) is 6.89. The molecule has 2 aromatic rings. The van der Waals surface area contributed by atoms with Crippen LogP contribution in [-0.4, -0.2) is 40.7 Å². The van der Waals surface area contributed by atoms with E-state index in [-0.39, 0.29) is 6.01 Å². The van der Waals surface area contributed by atoms with Gasteiger partial charge in [0.2, 0.25) is 0 Å². The Labute approximate surface area is 136 Å². The van der Waals surface area contributed by atoms with E-state index >= 15 is 0 Å². The van der Waals surface area contributed by atoms with E-state index < -0.39 is 18.8 Å². The Morgan fingerprint density at radius 3 is 2.50 bits per heavy atom. The molecule has 9 heteroatoms. The van der Waals surface area contributed by atoms with Gasteiger partial charge in [-0.05, 0) is 37.3 Å². The van der Waals surface area contributed by atoms with Crippen molar-refractivity contribution in [3.05, 3.63) is 42.2 Å². The van der Waals surface area contributed by atoms with Gasteiger partial charge in [0, 0.05) is 24.6 Å². The molecule has 0 unspecified atom stereocenters. The van der Waals surface area contributed by atoms with Gasteiger partial charge in [0.1, 0.15) is 12.3 Å². The molecule has 1 heterocycles. The summed E-state index contributed by atoms with van der Waals surface area (Å²) in [6, 6.07) is 7.15. The van der Waals surface area contributed by atoms with Crippen LogP contribution < -0.4 is 10.1 Å². The minimum atomic E-state index is -4.45. The van der Waals surface area contributed by atoms with Gasteiger partial charge in [-0.3, -0.25) is 0 Å². The summed E-state index contributed by atoms with van der Waals surface area (Å²) >= 11 is 0. The van der Waals surface area contributed by atoms with Crippen LogP contribution in [0.25, 0.3) is 0 Å². The largest absolute Gasteiger partial charge is 0.424 e. The van der Waals surface area contributed by atoms with E-state index in [4.69, 9.17) is 4.74 Å². The summed E-state index contributed by atoms with van der Waals surface area (Å²) in [4.78, 5) is 20.2. The number of ether oxygens (including phenoxy) is 1. The third-order valence-electron chi connectivity index (χ3n) is 2.85. The summed E-state index contributed by atoms with van der Waals surface area (Å²) in [7, 11) is 1.06. The fourth-order valence-corrected chi connectivity index (χ4v) is 1.75. The van der Waals surface area contributed by atoms with Gasteiger partial charge in [-0.15, -0.1) is 0 Å². The maximum atomic E-state index is 12.2. The van der Waals surface area contributed by atoms with Crippen molar-refractivity contribution < 1.29 is 22.7 Å². The molecule has 1 aromatic carbocycles. The van der Waals surface area contributed by atoms with Gasteiger partial charge in [0.15, 0.2) is 0 Å². The van der Waals surface area contributed by atoms with Gasteiger partial charge < -0.3 is 15.0 Å². The Bertz CT molecular complexity index is 705. The number of hydrogen-bond donors (Lipinski definition) is 1. The van der Waals surface area contributed by atoms with E-state index in [1.165, 1.54) is 12.1 Å². The molecular weight excluding hydrogens is 325 g/mol. The molecule has 2 amide bonds. The zero-order chi connectivity index (χ0) is 17.7. The topological polar surface area (TPSA) is 67.3 Å². The van der Waals surface area contributed by atoms with E-state index in [2.05, 4.69) is 15.3 Å². The van der Waals surface area contributed by atoms with Crippen LogP contribution in [0.2, 0.25) is 0 Å². The molecule has 0 aliphatic rings. The molecule has 24 heavy (non-hydrogen) atoms. The number of amides is 2. The molecule has 1 N–H and O–H groups in total. The van der Waals surface area contributed by atoms with Gasteiger partial charge in [0.05, 0.1) is 0 Å². The van der Waals surface area contributed by atoms with E-state index in [1.54, 1.807) is 31.3 Å². The van der Waals surface area contributed by atoms with Crippen LogP contribution >= 0.6 is 0 Å². The lowest BCUT2D eigenvalue weighted by molar-refractivity contribution is -0.137. The van der Waals surface area contributed by atoms with Crippen molar-refractivity contribution in [2.75, 3.05) is 18.9 Å². The number of urea groups is 1. The molecule has 6 nitrogen and oxygen atoms in total. The van der Waals surface area contributed by atoms with Crippen molar-refractivity contribution in [2.45, 2.75) is 13.1 Å². The maximum absolute atomic E-state index is 12.2. The summed E-state index contributed by atoms with van der Waals surface area (Å²) in [5, 5.41) is 2.36. The predicted molar refractivity (Wildman–Crippen MR) is 81.0 cm³/mol. The third kappa shape index (κ3) is 5.41. The number of halogens is 3. The van der Waals surface area contributed by atoms with Gasteiger partial charge >= 0.3 is 18.2 Å². The van der Waals surface area contributed by atoms with E-state index in [0.717, 1.165) is 12.7 Å². The molecule has 0 spiro atoms. The molecule has 128 valence electrons. The molecule has 0 radical (unpaired) electrons. The number of anilines is 1. The Hall–Kier alpha value is -2.84. The lowest BCUT2D eigenvalue weighted by Crippen LogP contribution is -2.38. The van der Waals surface area contributed by atoms with Crippen LogP contribution in [0.3, 0.4) is 0 Å². The standard InChI is InChI=1S/C15H15F3N4O2/c1-10-7-8-19-13(20-10)24-12-5-3-11(4-6-12)21-14(23)22(2)9-15(16,17)18/h3-8H,9H2,1-2H3,(H,21,23). The van der Waals surface area contributed by atoms with Crippen LogP contribution in [0.4, 0.5) is 23.7 Å². The van der Waals surface area contributed by atoms with Gasteiger partial charge in [-0.2, -0.15) is 13.2 Å². The average molecular weight is 340 g/mol. The van der Waals surface area contributed by atoms with Gasteiger partial charge in [-0.25, -0.2) is 14.8 Å². The molecule has 2 rings (SSSR count). The zero-order valence-electron chi connectivity index (χ0n) is 13.0. The fourth-order valence-electron chi connectivity index (χ4n) is 1.75. The van der Waals surface area contributed by atoms with Crippen molar-refractivity contribution in [1.29, 1.82) is 0 Å². The number of aryl methyl sites for hydroxylation is 1. The minimum Gasteiger partial charge on any atom is -0.424 e. The number of aromatic nitrogens is 2. The SMILES string of the molecule is Cc1ccnc(Oc2ccc(NC(=O)N(C)CC(F)(F)F)cc2)n1. The van der Waals surface area contributed by atoms with Crippen LogP contribution in [0.15, 0.2) is 36.5 Å². The second-order valence-corrected chi connectivity index (χ2v) is 5.01. The minimum absolute atomic E-state index is 0.177. The molecular formula is C15H15F3N4O2. The Kier molecular flexibility index (Phi) is 5.22. The van der Waals surface area contributed by atoms with Gasteiger partial charge in [-0.1, -0.05) is 0 Å². The van der Waals surface area contributed by atoms with Crippen LogP contribution in [0.5, 0.6) is 11.8 Å².